The molecule has 6 nitrogen and oxygen atoms in total. The fraction of sp³-hybridized carbons (Fsp3) is 0.250. The van der Waals surface area contributed by atoms with Crippen molar-refractivity contribution < 1.29 is 4.79 Å². The number of hydrogen-bond donors (Lipinski definition) is 1. The second-order valence-electron chi connectivity index (χ2n) is 5.43. The Bertz CT molecular complexity index is 837. The quantitative estimate of drug-likeness (QED) is 0.806. The Morgan fingerprint density at radius 1 is 1.23 bits per heavy atom. The molecule has 0 aliphatic rings. The minimum absolute atomic E-state index is 0.111. The fourth-order valence-corrected chi connectivity index (χ4v) is 2.30. The van der Waals surface area contributed by atoms with Crippen LogP contribution in [0.3, 0.4) is 0 Å². The molecule has 2 aromatic heterocycles. The summed E-state index contributed by atoms with van der Waals surface area (Å²) in [5.74, 6) is 0.509. The Labute approximate surface area is 128 Å². The number of aryl methyl sites for hydroxylation is 1. The molecule has 2 heterocycles. The third-order valence-corrected chi connectivity index (χ3v) is 3.46. The molecule has 22 heavy (non-hydrogen) atoms. The maximum atomic E-state index is 12.4. The van der Waals surface area contributed by atoms with E-state index in [1.54, 1.807) is 10.7 Å². The highest BCUT2D eigenvalue weighted by atomic mass is 16.2. The second-order valence-corrected chi connectivity index (χ2v) is 5.43. The van der Waals surface area contributed by atoms with Crippen molar-refractivity contribution in [3.05, 3.63) is 53.6 Å². The van der Waals surface area contributed by atoms with E-state index < -0.39 is 0 Å². The van der Waals surface area contributed by atoms with Gasteiger partial charge in [0.15, 0.2) is 0 Å². The van der Waals surface area contributed by atoms with E-state index in [1.165, 1.54) is 0 Å². The number of carbonyl (C=O) groups excluding carboxylic acids is 1. The number of hydrogen-bond acceptors (Lipinski definition) is 4. The molecule has 6 heteroatoms. The lowest BCUT2D eigenvalue weighted by Gasteiger charge is -2.12. The van der Waals surface area contributed by atoms with Gasteiger partial charge in [-0.2, -0.15) is 4.98 Å². The maximum Gasteiger partial charge on any atom is 0.295 e. The van der Waals surface area contributed by atoms with E-state index in [-0.39, 0.29) is 11.7 Å². The van der Waals surface area contributed by atoms with Crippen molar-refractivity contribution >= 4 is 17.4 Å². The monoisotopic (exact) mass is 295 g/mol. The molecule has 1 aromatic carbocycles. The molecule has 0 bridgehead atoms. The Kier molecular flexibility index (Phi) is 3.58. The van der Waals surface area contributed by atoms with Gasteiger partial charge in [-0.05, 0) is 30.5 Å². The number of para-hydroxylation sites is 1. The summed E-state index contributed by atoms with van der Waals surface area (Å²) in [5.41, 5.74) is 2.74. The highest BCUT2D eigenvalue weighted by Gasteiger charge is 2.16. The predicted octanol–water partition coefficient (Wildman–Crippen LogP) is 2.81. The average Bonchev–Trinajstić information content (AvgIpc) is 2.93. The molecule has 0 spiro atoms. The van der Waals surface area contributed by atoms with E-state index in [1.807, 2.05) is 37.3 Å². The number of anilines is 1. The zero-order valence-corrected chi connectivity index (χ0v) is 12.7. The summed E-state index contributed by atoms with van der Waals surface area (Å²) < 4.78 is 1.56. The lowest BCUT2D eigenvalue weighted by Crippen LogP contribution is -2.15. The Hall–Kier alpha value is -2.76. The lowest BCUT2D eigenvalue weighted by atomic mass is 10.0. The molecule has 3 aromatic rings. The van der Waals surface area contributed by atoms with Gasteiger partial charge >= 0.3 is 0 Å². The number of nitrogens with zero attached hydrogens (tertiary/aromatic N) is 4. The number of amides is 1. The van der Waals surface area contributed by atoms with Crippen molar-refractivity contribution in [2.24, 2.45) is 0 Å². The fourth-order valence-electron chi connectivity index (χ4n) is 2.30. The normalized spacial score (nSPS) is 11.1. The Morgan fingerprint density at radius 3 is 2.73 bits per heavy atom. The lowest BCUT2D eigenvalue weighted by molar-refractivity contribution is 0.101. The summed E-state index contributed by atoms with van der Waals surface area (Å²) in [6, 6.07) is 9.55. The summed E-state index contributed by atoms with van der Waals surface area (Å²) in [4.78, 5) is 20.7. The first-order valence-corrected chi connectivity index (χ1v) is 7.15. The number of rotatable bonds is 3. The molecule has 0 radical (unpaired) electrons. The Balaban J connectivity index is 1.92. The van der Waals surface area contributed by atoms with Gasteiger partial charge in [0, 0.05) is 17.6 Å². The third kappa shape index (κ3) is 2.55. The van der Waals surface area contributed by atoms with E-state index in [0.717, 1.165) is 16.9 Å². The van der Waals surface area contributed by atoms with Crippen molar-refractivity contribution in [1.29, 1.82) is 0 Å². The zero-order valence-electron chi connectivity index (χ0n) is 12.7. The minimum atomic E-state index is -0.335. The van der Waals surface area contributed by atoms with Crippen LogP contribution in [-0.2, 0) is 0 Å². The molecule has 0 saturated carbocycles. The van der Waals surface area contributed by atoms with E-state index in [9.17, 15) is 4.79 Å². The maximum absolute atomic E-state index is 12.4. The number of carbonyl (C=O) groups is 1. The van der Waals surface area contributed by atoms with Gasteiger partial charge in [0.05, 0.1) is 0 Å². The first kappa shape index (κ1) is 14.2. The van der Waals surface area contributed by atoms with Crippen LogP contribution < -0.4 is 5.32 Å². The predicted molar refractivity (Wildman–Crippen MR) is 84.0 cm³/mol. The van der Waals surface area contributed by atoms with Gasteiger partial charge in [-0.3, -0.25) is 4.79 Å². The van der Waals surface area contributed by atoms with Crippen LogP contribution in [0.1, 0.15) is 41.6 Å². The van der Waals surface area contributed by atoms with E-state index in [4.69, 9.17) is 0 Å². The molecule has 0 unspecified atom stereocenters. The van der Waals surface area contributed by atoms with Crippen LogP contribution in [-0.4, -0.2) is 25.5 Å². The SMILES string of the molecule is Cc1ccnc2nc(C(=O)Nc3ccccc3C(C)C)nn12. The molecular formula is C16H17N5O. The Morgan fingerprint density at radius 2 is 2.00 bits per heavy atom. The van der Waals surface area contributed by atoms with Gasteiger partial charge in [-0.15, -0.1) is 5.10 Å². The summed E-state index contributed by atoms with van der Waals surface area (Å²) in [5, 5.41) is 7.10. The van der Waals surface area contributed by atoms with Gasteiger partial charge in [0.1, 0.15) is 0 Å². The summed E-state index contributed by atoms with van der Waals surface area (Å²) in [6.45, 7) is 6.06. The van der Waals surface area contributed by atoms with Crippen LogP contribution in [0, 0.1) is 6.92 Å². The first-order chi connectivity index (χ1) is 10.6. The molecule has 0 atom stereocenters. The van der Waals surface area contributed by atoms with Crippen molar-refractivity contribution in [3.8, 4) is 0 Å². The molecule has 1 N–H and O–H groups in total. The highest BCUT2D eigenvalue weighted by molar-refractivity contribution is 6.02. The van der Waals surface area contributed by atoms with Crippen LogP contribution in [0.25, 0.3) is 5.78 Å². The van der Waals surface area contributed by atoms with Crippen molar-refractivity contribution in [1.82, 2.24) is 19.6 Å². The van der Waals surface area contributed by atoms with Gasteiger partial charge in [-0.1, -0.05) is 32.0 Å². The van der Waals surface area contributed by atoms with E-state index in [2.05, 4.69) is 34.2 Å². The second kappa shape index (κ2) is 5.55. The van der Waals surface area contributed by atoms with Gasteiger partial charge in [0.2, 0.25) is 5.82 Å². The van der Waals surface area contributed by atoms with Crippen LogP contribution in [0.2, 0.25) is 0 Å². The van der Waals surface area contributed by atoms with Crippen LogP contribution in [0.15, 0.2) is 36.5 Å². The van der Waals surface area contributed by atoms with Crippen molar-refractivity contribution in [3.63, 3.8) is 0 Å². The molecule has 0 aliphatic carbocycles. The first-order valence-electron chi connectivity index (χ1n) is 7.15. The number of fused-ring (bicyclic) bond motifs is 1. The number of nitrogens with one attached hydrogen (secondary N) is 1. The summed E-state index contributed by atoms with van der Waals surface area (Å²) >= 11 is 0. The third-order valence-electron chi connectivity index (χ3n) is 3.46. The molecule has 0 saturated heterocycles. The van der Waals surface area contributed by atoms with E-state index >= 15 is 0 Å². The van der Waals surface area contributed by atoms with Gasteiger partial charge < -0.3 is 5.32 Å². The largest absolute Gasteiger partial charge is 0.319 e. The average molecular weight is 295 g/mol. The topological polar surface area (TPSA) is 72.2 Å². The van der Waals surface area contributed by atoms with Gasteiger partial charge in [0.25, 0.3) is 11.7 Å². The van der Waals surface area contributed by atoms with E-state index in [0.29, 0.717) is 11.7 Å². The zero-order chi connectivity index (χ0) is 15.7. The smallest absolute Gasteiger partial charge is 0.295 e. The van der Waals surface area contributed by atoms with Crippen molar-refractivity contribution in [2.75, 3.05) is 5.32 Å². The summed E-state index contributed by atoms with van der Waals surface area (Å²) in [6.07, 6.45) is 1.65. The van der Waals surface area contributed by atoms with Crippen LogP contribution in [0.4, 0.5) is 5.69 Å². The summed E-state index contributed by atoms with van der Waals surface area (Å²) in [7, 11) is 0. The standard InChI is InChI=1S/C16H17N5O/c1-10(2)12-6-4-5-7-13(12)18-15(22)14-19-16-17-9-8-11(3)21(16)20-14/h4-10H,1-3H3,(H,18,22). The minimum Gasteiger partial charge on any atom is -0.319 e. The highest BCUT2D eigenvalue weighted by Crippen LogP contribution is 2.23. The van der Waals surface area contributed by atoms with Crippen molar-refractivity contribution in [2.45, 2.75) is 26.7 Å². The number of aromatic nitrogens is 4. The number of benzene rings is 1. The molecule has 0 aliphatic heterocycles. The van der Waals surface area contributed by atoms with Gasteiger partial charge in [-0.25, -0.2) is 9.50 Å². The molecule has 1 amide bonds. The van der Waals surface area contributed by atoms with Crippen LogP contribution >= 0.6 is 0 Å². The molecule has 3 rings (SSSR count). The molecule has 0 fully saturated rings. The molecular weight excluding hydrogens is 278 g/mol. The van der Waals surface area contributed by atoms with Crippen LogP contribution in [0.5, 0.6) is 0 Å². The molecule has 112 valence electrons.